The summed E-state index contributed by atoms with van der Waals surface area (Å²) in [4.78, 5) is 12.1. The summed E-state index contributed by atoms with van der Waals surface area (Å²) in [6.45, 7) is 0.404. The van der Waals surface area contributed by atoms with Crippen molar-refractivity contribution in [2.45, 2.75) is 13.0 Å². The number of hydrogen-bond acceptors (Lipinski definition) is 2. The van der Waals surface area contributed by atoms with Crippen LogP contribution >= 0.6 is 11.6 Å². The van der Waals surface area contributed by atoms with Crippen molar-refractivity contribution in [3.8, 4) is 5.75 Å². The molecule has 3 aromatic rings. The summed E-state index contributed by atoms with van der Waals surface area (Å²) in [6.07, 6.45) is 0.765. The molecule has 0 unspecified atom stereocenters. The van der Waals surface area contributed by atoms with Crippen molar-refractivity contribution < 1.29 is 9.53 Å². The lowest BCUT2D eigenvalue weighted by molar-refractivity contribution is -0.123. The summed E-state index contributed by atoms with van der Waals surface area (Å²) < 4.78 is 5.75. The minimum absolute atomic E-state index is 0.0215. The second-order valence-electron chi connectivity index (χ2n) is 5.97. The molecule has 3 aromatic carbocycles. The SMILES string of the molecule is O=C(COc1ccccc1Cc1ccccc1)NCc1cccc(Cl)c1. The first-order valence-corrected chi connectivity index (χ1v) is 8.84. The maximum atomic E-state index is 12.1. The van der Waals surface area contributed by atoms with E-state index in [0.717, 1.165) is 23.3 Å². The highest BCUT2D eigenvalue weighted by Crippen LogP contribution is 2.21. The molecule has 3 nitrogen and oxygen atoms in total. The van der Waals surface area contributed by atoms with E-state index in [1.165, 1.54) is 5.56 Å². The number of para-hydroxylation sites is 1. The molecule has 0 radical (unpaired) electrons. The van der Waals surface area contributed by atoms with Crippen molar-refractivity contribution >= 4 is 17.5 Å². The number of halogens is 1. The highest BCUT2D eigenvalue weighted by molar-refractivity contribution is 6.30. The highest BCUT2D eigenvalue weighted by Gasteiger charge is 2.07. The van der Waals surface area contributed by atoms with Gasteiger partial charge in [-0.1, -0.05) is 72.3 Å². The van der Waals surface area contributed by atoms with Gasteiger partial charge in [-0.25, -0.2) is 0 Å². The Hall–Kier alpha value is -2.78. The Labute approximate surface area is 158 Å². The maximum absolute atomic E-state index is 12.1. The van der Waals surface area contributed by atoms with Crippen LogP contribution in [0.2, 0.25) is 5.02 Å². The molecule has 0 aromatic heterocycles. The van der Waals surface area contributed by atoms with Gasteiger partial charge in [-0.2, -0.15) is 0 Å². The highest BCUT2D eigenvalue weighted by atomic mass is 35.5. The van der Waals surface area contributed by atoms with Gasteiger partial charge in [-0.15, -0.1) is 0 Å². The summed E-state index contributed by atoms with van der Waals surface area (Å²) in [7, 11) is 0. The lowest BCUT2D eigenvalue weighted by Crippen LogP contribution is -2.28. The van der Waals surface area contributed by atoms with Crippen molar-refractivity contribution in [2.24, 2.45) is 0 Å². The van der Waals surface area contributed by atoms with E-state index in [0.29, 0.717) is 11.6 Å². The summed E-state index contributed by atoms with van der Waals surface area (Å²) in [6, 6.07) is 25.4. The first kappa shape index (κ1) is 18.0. The minimum atomic E-state index is -0.167. The molecule has 0 aliphatic rings. The van der Waals surface area contributed by atoms with Gasteiger partial charge in [0.1, 0.15) is 5.75 Å². The van der Waals surface area contributed by atoms with Gasteiger partial charge in [0.25, 0.3) is 5.91 Å². The molecule has 0 aliphatic carbocycles. The van der Waals surface area contributed by atoms with E-state index in [2.05, 4.69) is 17.4 Å². The standard InChI is InChI=1S/C22H20ClNO2/c23-20-11-6-9-18(14-20)15-24-22(25)16-26-21-12-5-4-10-19(21)13-17-7-2-1-3-8-17/h1-12,14H,13,15-16H2,(H,24,25). The smallest absolute Gasteiger partial charge is 0.258 e. The van der Waals surface area contributed by atoms with Gasteiger partial charge < -0.3 is 10.1 Å². The Kier molecular flexibility index (Phi) is 6.29. The van der Waals surface area contributed by atoms with E-state index in [1.807, 2.05) is 60.7 Å². The number of hydrogen-bond donors (Lipinski definition) is 1. The molecule has 0 spiro atoms. The molecular formula is C22H20ClNO2. The maximum Gasteiger partial charge on any atom is 0.258 e. The zero-order chi connectivity index (χ0) is 18.2. The Bertz CT molecular complexity index is 865. The topological polar surface area (TPSA) is 38.3 Å². The number of carbonyl (C=O) groups is 1. The molecular weight excluding hydrogens is 346 g/mol. The third-order valence-corrected chi connectivity index (χ3v) is 4.18. The Morgan fingerprint density at radius 1 is 0.885 bits per heavy atom. The van der Waals surface area contributed by atoms with Crippen molar-refractivity contribution in [1.29, 1.82) is 0 Å². The molecule has 1 N–H and O–H groups in total. The van der Waals surface area contributed by atoms with Crippen LogP contribution in [0.5, 0.6) is 5.75 Å². The van der Waals surface area contributed by atoms with E-state index in [1.54, 1.807) is 6.07 Å². The van der Waals surface area contributed by atoms with E-state index in [-0.39, 0.29) is 12.5 Å². The van der Waals surface area contributed by atoms with Crippen LogP contribution in [0.25, 0.3) is 0 Å². The second kappa shape index (κ2) is 9.07. The molecule has 0 heterocycles. The first-order valence-electron chi connectivity index (χ1n) is 8.46. The van der Waals surface area contributed by atoms with Crippen LogP contribution in [0.1, 0.15) is 16.7 Å². The Morgan fingerprint density at radius 3 is 2.42 bits per heavy atom. The van der Waals surface area contributed by atoms with Crippen LogP contribution in [0.15, 0.2) is 78.9 Å². The van der Waals surface area contributed by atoms with Gasteiger partial charge in [-0.05, 0) is 34.9 Å². The van der Waals surface area contributed by atoms with Gasteiger partial charge in [-0.3, -0.25) is 4.79 Å². The Morgan fingerprint density at radius 2 is 1.62 bits per heavy atom. The van der Waals surface area contributed by atoms with Crippen LogP contribution in [0.4, 0.5) is 0 Å². The van der Waals surface area contributed by atoms with Gasteiger partial charge in [0.15, 0.2) is 6.61 Å². The zero-order valence-corrected chi connectivity index (χ0v) is 15.1. The largest absolute Gasteiger partial charge is 0.483 e. The minimum Gasteiger partial charge on any atom is -0.483 e. The lowest BCUT2D eigenvalue weighted by Gasteiger charge is -2.12. The molecule has 1 amide bonds. The summed E-state index contributed by atoms with van der Waals surface area (Å²) in [5.74, 6) is 0.564. The van der Waals surface area contributed by atoms with E-state index in [4.69, 9.17) is 16.3 Å². The van der Waals surface area contributed by atoms with Crippen LogP contribution in [0.3, 0.4) is 0 Å². The number of ether oxygens (including phenoxy) is 1. The Balaban J connectivity index is 1.55. The molecule has 26 heavy (non-hydrogen) atoms. The second-order valence-corrected chi connectivity index (χ2v) is 6.40. The predicted octanol–water partition coefficient (Wildman–Crippen LogP) is 4.63. The molecule has 4 heteroatoms. The molecule has 132 valence electrons. The number of rotatable bonds is 7. The van der Waals surface area contributed by atoms with E-state index >= 15 is 0 Å². The molecule has 0 aliphatic heterocycles. The summed E-state index contributed by atoms with van der Waals surface area (Å²) in [5.41, 5.74) is 3.21. The summed E-state index contributed by atoms with van der Waals surface area (Å²) in [5, 5.41) is 3.50. The number of carbonyl (C=O) groups excluding carboxylic acids is 1. The molecule has 3 rings (SSSR count). The van der Waals surface area contributed by atoms with Crippen LogP contribution in [-0.2, 0) is 17.8 Å². The number of nitrogens with one attached hydrogen (secondary N) is 1. The molecule has 0 saturated heterocycles. The van der Waals surface area contributed by atoms with E-state index < -0.39 is 0 Å². The first-order chi connectivity index (χ1) is 12.7. The van der Waals surface area contributed by atoms with Crippen LogP contribution in [0, 0.1) is 0 Å². The van der Waals surface area contributed by atoms with Gasteiger partial charge in [0, 0.05) is 18.0 Å². The van der Waals surface area contributed by atoms with Crippen molar-refractivity contribution in [3.05, 3.63) is 101 Å². The van der Waals surface area contributed by atoms with Crippen molar-refractivity contribution in [3.63, 3.8) is 0 Å². The average molecular weight is 366 g/mol. The van der Waals surface area contributed by atoms with Gasteiger partial charge in [0.05, 0.1) is 0 Å². The zero-order valence-electron chi connectivity index (χ0n) is 14.3. The van der Waals surface area contributed by atoms with Crippen molar-refractivity contribution in [1.82, 2.24) is 5.32 Å². The third kappa shape index (κ3) is 5.36. The fraction of sp³-hybridized carbons (Fsp3) is 0.136. The van der Waals surface area contributed by atoms with Crippen LogP contribution < -0.4 is 10.1 Å². The number of amides is 1. The number of benzene rings is 3. The lowest BCUT2D eigenvalue weighted by atomic mass is 10.0. The quantitative estimate of drug-likeness (QED) is 0.663. The normalized spacial score (nSPS) is 10.3. The average Bonchev–Trinajstić information content (AvgIpc) is 2.66. The van der Waals surface area contributed by atoms with E-state index in [9.17, 15) is 4.79 Å². The third-order valence-electron chi connectivity index (χ3n) is 3.95. The summed E-state index contributed by atoms with van der Waals surface area (Å²) >= 11 is 5.95. The molecule has 0 bridgehead atoms. The van der Waals surface area contributed by atoms with Crippen molar-refractivity contribution in [2.75, 3.05) is 6.61 Å². The van der Waals surface area contributed by atoms with Crippen LogP contribution in [-0.4, -0.2) is 12.5 Å². The molecule has 0 atom stereocenters. The monoisotopic (exact) mass is 365 g/mol. The predicted molar refractivity (Wildman–Crippen MR) is 104 cm³/mol. The fourth-order valence-electron chi connectivity index (χ4n) is 2.65. The van der Waals surface area contributed by atoms with Gasteiger partial charge in [0.2, 0.25) is 0 Å². The van der Waals surface area contributed by atoms with Gasteiger partial charge >= 0.3 is 0 Å². The fourth-order valence-corrected chi connectivity index (χ4v) is 2.86. The molecule has 0 saturated carbocycles. The molecule has 0 fully saturated rings.